The van der Waals surface area contributed by atoms with E-state index in [0.29, 0.717) is 6.54 Å². The second-order valence-corrected chi connectivity index (χ2v) is 9.84. The maximum Gasteiger partial charge on any atom is 0.153 e. The zero-order chi connectivity index (χ0) is 26.0. The Morgan fingerprint density at radius 1 is 1.00 bits per heavy atom. The van der Waals surface area contributed by atoms with Gasteiger partial charge in [0.05, 0.1) is 5.41 Å². The molecule has 4 aromatic rings. The van der Waals surface area contributed by atoms with Crippen LogP contribution in [-0.2, 0) is 29.6 Å². The van der Waals surface area contributed by atoms with Gasteiger partial charge in [0.15, 0.2) is 5.78 Å². The number of pyridine rings is 1. The number of aryl methyl sites for hydroxylation is 3. The fourth-order valence-electron chi connectivity index (χ4n) is 5.60. The lowest BCUT2D eigenvalue weighted by atomic mass is 9.68. The maximum atomic E-state index is 12.4. The quantitative estimate of drug-likeness (QED) is 0.266. The van der Waals surface area contributed by atoms with Crippen molar-refractivity contribution in [1.29, 1.82) is 0 Å². The topological polar surface area (TPSA) is 56.0 Å². The number of aromatic nitrogens is 1. The molecule has 0 saturated heterocycles. The van der Waals surface area contributed by atoms with Gasteiger partial charge in [-0.3, -0.25) is 9.78 Å². The van der Waals surface area contributed by atoms with Crippen LogP contribution in [0.4, 0.5) is 0 Å². The van der Waals surface area contributed by atoms with Crippen LogP contribution in [0.1, 0.15) is 57.0 Å². The Morgan fingerprint density at radius 2 is 1.81 bits per heavy atom. The molecule has 3 nitrogen and oxygen atoms in total. The summed E-state index contributed by atoms with van der Waals surface area (Å²) in [5.41, 5.74) is 16.5. The average molecular weight is 485 g/mol. The molecule has 0 fully saturated rings. The zero-order valence-electron chi connectivity index (χ0n) is 21.5. The summed E-state index contributed by atoms with van der Waals surface area (Å²) in [5.74, 6) is 0.0241. The zero-order valence-corrected chi connectivity index (χ0v) is 21.5. The third kappa shape index (κ3) is 4.47. The van der Waals surface area contributed by atoms with E-state index in [1.165, 1.54) is 11.1 Å². The van der Waals surface area contributed by atoms with Crippen molar-refractivity contribution in [2.24, 2.45) is 5.73 Å². The molecule has 5 rings (SSSR count). The van der Waals surface area contributed by atoms with Crippen LogP contribution in [0.25, 0.3) is 5.57 Å². The molecule has 1 aromatic heterocycles. The summed E-state index contributed by atoms with van der Waals surface area (Å²) in [7, 11) is 0. The molecule has 0 saturated carbocycles. The highest BCUT2D eigenvalue weighted by Gasteiger charge is 2.35. The van der Waals surface area contributed by atoms with E-state index in [9.17, 15) is 4.79 Å². The lowest BCUT2D eigenvalue weighted by Gasteiger charge is -2.34. The van der Waals surface area contributed by atoms with Crippen molar-refractivity contribution >= 4 is 11.4 Å². The van der Waals surface area contributed by atoms with Gasteiger partial charge in [-0.1, -0.05) is 66.7 Å². The lowest BCUT2D eigenvalue weighted by molar-refractivity contribution is -0.112. The smallest absolute Gasteiger partial charge is 0.153 e. The van der Waals surface area contributed by atoms with Gasteiger partial charge < -0.3 is 5.73 Å². The fraction of sp³-hybridized carbons (Fsp3) is 0.176. The number of nitrogens with zero attached hydrogens (tertiary/aromatic N) is 1. The molecule has 0 unspecified atom stereocenters. The van der Waals surface area contributed by atoms with E-state index in [4.69, 9.17) is 5.73 Å². The van der Waals surface area contributed by atoms with Crippen molar-refractivity contribution in [1.82, 2.24) is 4.98 Å². The van der Waals surface area contributed by atoms with Gasteiger partial charge in [0.25, 0.3) is 0 Å². The number of carbonyl (C=O) groups is 1. The van der Waals surface area contributed by atoms with Gasteiger partial charge >= 0.3 is 0 Å². The summed E-state index contributed by atoms with van der Waals surface area (Å²) in [6.45, 7) is 8.56. The second-order valence-electron chi connectivity index (χ2n) is 9.84. The highest BCUT2D eigenvalue weighted by atomic mass is 16.1. The second kappa shape index (κ2) is 10.1. The van der Waals surface area contributed by atoms with E-state index in [0.717, 1.165) is 57.4 Å². The van der Waals surface area contributed by atoms with Gasteiger partial charge in [-0.15, -0.1) is 6.58 Å². The van der Waals surface area contributed by atoms with Crippen molar-refractivity contribution in [2.75, 3.05) is 0 Å². The first-order valence-corrected chi connectivity index (χ1v) is 12.8. The molecule has 0 aliphatic heterocycles. The molecular weight excluding hydrogens is 452 g/mol. The monoisotopic (exact) mass is 484 g/mol. The molecule has 1 aliphatic carbocycles. The molecule has 2 N–H and O–H groups in total. The van der Waals surface area contributed by atoms with Crippen LogP contribution in [0.15, 0.2) is 104 Å². The number of allylic oxidation sites excluding steroid dienone is 2. The molecule has 37 heavy (non-hydrogen) atoms. The number of rotatable bonds is 4. The van der Waals surface area contributed by atoms with Crippen LogP contribution >= 0.6 is 0 Å². The van der Waals surface area contributed by atoms with E-state index in [1.807, 2.05) is 18.3 Å². The normalized spacial score (nSPS) is 17.9. The van der Waals surface area contributed by atoms with Crippen molar-refractivity contribution in [3.8, 4) is 0 Å². The summed E-state index contributed by atoms with van der Waals surface area (Å²) in [5, 5.41) is 0. The molecule has 1 atom stereocenters. The summed E-state index contributed by atoms with van der Waals surface area (Å²) in [6.07, 6.45) is 9.24. The van der Waals surface area contributed by atoms with Crippen molar-refractivity contribution in [3.05, 3.63) is 154 Å². The Balaban J connectivity index is 1.91. The van der Waals surface area contributed by atoms with E-state index in [2.05, 4.69) is 85.2 Å². The number of fused-ring (bicyclic) bond motifs is 6. The molecule has 184 valence electrons. The van der Waals surface area contributed by atoms with Crippen LogP contribution in [0, 0.1) is 6.92 Å². The third-order valence-electron chi connectivity index (χ3n) is 7.56. The summed E-state index contributed by atoms with van der Waals surface area (Å²) in [6, 6.07) is 25.8. The van der Waals surface area contributed by atoms with E-state index in [-0.39, 0.29) is 5.78 Å². The van der Waals surface area contributed by atoms with Gasteiger partial charge in [0, 0.05) is 18.9 Å². The van der Waals surface area contributed by atoms with E-state index < -0.39 is 5.41 Å². The number of hydrogen-bond acceptors (Lipinski definition) is 3. The van der Waals surface area contributed by atoms with Gasteiger partial charge in [0.1, 0.15) is 0 Å². The SMILES string of the molecule is C=C[C@]1(c2cccnc2)c2ccc(CN)c(c2)CCc2cccc(c2)/C(=C/C(C)=O)c2cc1ccc2C. The minimum Gasteiger partial charge on any atom is -0.326 e. The standard InChI is InChI=1S/C34H32N2O/c1-4-34(31-9-6-16-36-22-31)29-15-13-28(21-35)26(19-29)12-11-25-7-5-8-27(18-25)33(17-24(3)37)32-20-30(34)14-10-23(32)2/h4-10,13-20,22H,1,11-12,21,35H2,2-3H3/b33-17-/t34-/m0/s1. The van der Waals surface area contributed by atoms with Crippen LogP contribution in [0.5, 0.6) is 0 Å². The van der Waals surface area contributed by atoms with Gasteiger partial charge in [0.2, 0.25) is 0 Å². The van der Waals surface area contributed by atoms with Crippen molar-refractivity contribution in [2.45, 2.75) is 38.6 Å². The summed E-state index contributed by atoms with van der Waals surface area (Å²) < 4.78 is 0. The molecule has 6 bridgehead atoms. The van der Waals surface area contributed by atoms with Crippen LogP contribution in [-0.4, -0.2) is 10.8 Å². The first-order valence-electron chi connectivity index (χ1n) is 12.8. The third-order valence-corrected chi connectivity index (χ3v) is 7.56. The molecule has 1 aliphatic rings. The van der Waals surface area contributed by atoms with Crippen LogP contribution in [0.3, 0.4) is 0 Å². The molecule has 0 radical (unpaired) electrons. The number of hydrogen-bond donors (Lipinski definition) is 1. The summed E-state index contributed by atoms with van der Waals surface area (Å²) >= 11 is 0. The van der Waals surface area contributed by atoms with E-state index >= 15 is 0 Å². The van der Waals surface area contributed by atoms with Crippen LogP contribution in [0.2, 0.25) is 0 Å². The average Bonchev–Trinajstić information content (AvgIpc) is 2.92. The first-order chi connectivity index (χ1) is 18.0. The molecule has 0 spiro atoms. The van der Waals surface area contributed by atoms with Crippen LogP contribution < -0.4 is 5.73 Å². The Bertz CT molecular complexity index is 1520. The highest BCUT2D eigenvalue weighted by Crippen LogP contribution is 2.43. The number of ketones is 1. The Kier molecular flexibility index (Phi) is 6.73. The fourth-order valence-corrected chi connectivity index (χ4v) is 5.60. The number of carbonyl (C=O) groups excluding carboxylic acids is 1. The predicted molar refractivity (Wildman–Crippen MR) is 151 cm³/mol. The largest absolute Gasteiger partial charge is 0.326 e. The molecule has 3 aromatic carbocycles. The first kappa shape index (κ1) is 24.6. The predicted octanol–water partition coefficient (Wildman–Crippen LogP) is 6.49. The Labute approximate surface area is 219 Å². The lowest BCUT2D eigenvalue weighted by Crippen LogP contribution is -2.27. The molecule has 1 heterocycles. The van der Waals surface area contributed by atoms with E-state index in [1.54, 1.807) is 19.2 Å². The minimum absolute atomic E-state index is 0.0241. The molecular formula is C34H32N2O. The maximum absolute atomic E-state index is 12.4. The molecule has 0 amide bonds. The minimum atomic E-state index is -0.632. The summed E-state index contributed by atoms with van der Waals surface area (Å²) in [4.78, 5) is 16.9. The van der Waals surface area contributed by atoms with Crippen molar-refractivity contribution in [3.63, 3.8) is 0 Å². The van der Waals surface area contributed by atoms with Gasteiger partial charge in [-0.25, -0.2) is 0 Å². The van der Waals surface area contributed by atoms with Gasteiger partial charge in [-0.05, 0) is 101 Å². The van der Waals surface area contributed by atoms with Crippen molar-refractivity contribution < 1.29 is 4.79 Å². The Morgan fingerprint density at radius 3 is 2.54 bits per heavy atom. The number of benzene rings is 3. The molecule has 3 heteroatoms. The Hall–Kier alpha value is -4.08. The van der Waals surface area contributed by atoms with Gasteiger partial charge in [-0.2, -0.15) is 0 Å². The number of nitrogens with two attached hydrogens (primary N) is 1. The highest BCUT2D eigenvalue weighted by molar-refractivity contribution is 5.99.